The van der Waals surface area contributed by atoms with Crippen molar-refractivity contribution >= 4 is 5.69 Å². The van der Waals surface area contributed by atoms with Crippen LogP contribution in [0.2, 0.25) is 0 Å². The van der Waals surface area contributed by atoms with Gasteiger partial charge in [-0.15, -0.1) is 0 Å². The monoisotopic (exact) mass is 244 g/mol. The quantitative estimate of drug-likeness (QED) is 0.838. The van der Waals surface area contributed by atoms with Crippen LogP contribution in [0.4, 0.5) is 5.69 Å². The fourth-order valence-corrected chi connectivity index (χ4v) is 2.08. The molecule has 0 atom stereocenters. The highest BCUT2D eigenvalue weighted by Gasteiger charge is 2.11. The molecule has 3 rings (SSSR count). The van der Waals surface area contributed by atoms with Gasteiger partial charge in [0, 0.05) is 25.4 Å². The highest BCUT2D eigenvalue weighted by Crippen LogP contribution is 2.25. The summed E-state index contributed by atoms with van der Waals surface area (Å²) in [4.78, 5) is 4.46. The molecule has 0 aromatic carbocycles. The van der Waals surface area contributed by atoms with E-state index in [1.165, 1.54) is 17.7 Å². The molecule has 1 N–H and O–H groups in total. The Balaban J connectivity index is 0.000000574. The van der Waals surface area contributed by atoms with Crippen molar-refractivity contribution in [3.05, 3.63) is 30.2 Å². The summed E-state index contributed by atoms with van der Waals surface area (Å²) in [6, 6.07) is 2.17. The maximum absolute atomic E-state index is 4.46. The molecule has 0 bridgehead atoms. The van der Waals surface area contributed by atoms with Crippen LogP contribution in [0.1, 0.15) is 25.8 Å². The van der Waals surface area contributed by atoms with E-state index >= 15 is 0 Å². The van der Waals surface area contributed by atoms with Crippen LogP contribution in [0.3, 0.4) is 0 Å². The molecule has 1 aliphatic rings. The Hall–Kier alpha value is -1.84. The number of hydrogen-bond donors (Lipinski definition) is 1. The van der Waals surface area contributed by atoms with Crippen molar-refractivity contribution in [1.29, 1.82) is 0 Å². The number of aromatic nitrogens is 3. The first kappa shape index (κ1) is 12.6. The number of pyridine rings is 1. The summed E-state index contributed by atoms with van der Waals surface area (Å²) in [6.07, 6.45) is 8.11. The zero-order chi connectivity index (χ0) is 13.0. The Kier molecular flexibility index (Phi) is 3.97. The number of anilines is 1. The van der Waals surface area contributed by atoms with Crippen molar-refractivity contribution in [3.63, 3.8) is 0 Å². The summed E-state index contributed by atoms with van der Waals surface area (Å²) < 4.78 is 1.80. The van der Waals surface area contributed by atoms with E-state index < -0.39 is 0 Å². The van der Waals surface area contributed by atoms with Crippen molar-refractivity contribution in [3.8, 4) is 11.3 Å². The van der Waals surface area contributed by atoms with Gasteiger partial charge in [-0.1, -0.05) is 13.8 Å². The smallest absolute Gasteiger partial charge is 0.0737 e. The molecule has 3 heterocycles. The van der Waals surface area contributed by atoms with Crippen molar-refractivity contribution in [2.75, 3.05) is 11.9 Å². The molecule has 0 aliphatic carbocycles. The molecule has 0 radical (unpaired) electrons. The number of nitrogens with one attached hydrogen (secondary N) is 1. The number of hydrogen-bond acceptors (Lipinski definition) is 3. The van der Waals surface area contributed by atoms with Gasteiger partial charge in [-0.05, 0) is 24.5 Å². The summed E-state index contributed by atoms with van der Waals surface area (Å²) in [7, 11) is 1.92. The van der Waals surface area contributed by atoms with E-state index in [1.54, 1.807) is 4.68 Å². The predicted molar refractivity (Wildman–Crippen MR) is 74.6 cm³/mol. The summed E-state index contributed by atoms with van der Waals surface area (Å²) in [6.45, 7) is 5.06. The zero-order valence-electron chi connectivity index (χ0n) is 11.3. The van der Waals surface area contributed by atoms with E-state index in [0.29, 0.717) is 0 Å². The van der Waals surface area contributed by atoms with Gasteiger partial charge < -0.3 is 5.32 Å². The number of aryl methyl sites for hydroxylation is 2. The Morgan fingerprint density at radius 1 is 1.28 bits per heavy atom. The minimum atomic E-state index is 1.01. The first-order chi connectivity index (χ1) is 8.83. The van der Waals surface area contributed by atoms with Crippen molar-refractivity contribution < 1.29 is 0 Å². The minimum Gasteiger partial charge on any atom is -0.384 e. The lowest BCUT2D eigenvalue weighted by Crippen LogP contribution is -2.12. The second kappa shape index (κ2) is 5.67. The number of rotatable bonds is 1. The van der Waals surface area contributed by atoms with Crippen LogP contribution >= 0.6 is 0 Å². The van der Waals surface area contributed by atoms with Crippen LogP contribution in [-0.2, 0) is 13.5 Å². The lowest BCUT2D eigenvalue weighted by Gasteiger charge is -2.17. The Morgan fingerprint density at radius 2 is 2.11 bits per heavy atom. The van der Waals surface area contributed by atoms with Gasteiger partial charge in [0.1, 0.15) is 0 Å². The summed E-state index contributed by atoms with van der Waals surface area (Å²) in [5, 5.41) is 7.53. The van der Waals surface area contributed by atoms with Gasteiger partial charge in [-0.3, -0.25) is 9.67 Å². The molecule has 0 saturated carbocycles. The third-order valence-corrected chi connectivity index (χ3v) is 2.93. The van der Waals surface area contributed by atoms with Gasteiger partial charge in [0.2, 0.25) is 0 Å². The summed E-state index contributed by atoms with van der Waals surface area (Å²) in [5.41, 5.74) is 4.63. The Bertz CT molecular complexity index is 516. The van der Waals surface area contributed by atoms with Gasteiger partial charge >= 0.3 is 0 Å². The van der Waals surface area contributed by atoms with E-state index in [2.05, 4.69) is 21.5 Å². The van der Waals surface area contributed by atoms with Crippen LogP contribution in [0.25, 0.3) is 11.3 Å². The average molecular weight is 244 g/mol. The third-order valence-electron chi connectivity index (χ3n) is 2.93. The van der Waals surface area contributed by atoms with Crippen molar-refractivity contribution in [2.45, 2.75) is 26.7 Å². The number of nitrogens with zero attached hydrogens (tertiary/aromatic N) is 3. The summed E-state index contributed by atoms with van der Waals surface area (Å²) >= 11 is 0. The van der Waals surface area contributed by atoms with Crippen LogP contribution in [-0.4, -0.2) is 21.3 Å². The molecular formula is C14H20N4. The van der Waals surface area contributed by atoms with Crippen LogP contribution in [0, 0.1) is 0 Å². The molecular weight excluding hydrogens is 224 g/mol. The second-order valence-corrected chi connectivity index (χ2v) is 4.16. The lowest BCUT2D eigenvalue weighted by atomic mass is 10.0. The fraction of sp³-hybridized carbons (Fsp3) is 0.429. The topological polar surface area (TPSA) is 42.7 Å². The van der Waals surface area contributed by atoms with E-state index in [1.807, 2.05) is 39.5 Å². The maximum atomic E-state index is 4.46. The second-order valence-electron chi connectivity index (χ2n) is 4.16. The standard InChI is InChI=1S/C12H14N4.C2H6/c1-16-8-10(6-15-16)11-5-9-3-2-4-13-12(9)7-14-11;1-2/h5-8,13H,2-4H2,1H3;1-2H3. The van der Waals surface area contributed by atoms with E-state index in [-0.39, 0.29) is 0 Å². The van der Waals surface area contributed by atoms with Gasteiger partial charge in [0.05, 0.1) is 23.8 Å². The molecule has 18 heavy (non-hydrogen) atoms. The molecule has 1 aliphatic heterocycles. The average Bonchev–Trinajstić information content (AvgIpc) is 2.87. The predicted octanol–water partition coefficient (Wildman–Crippen LogP) is 2.87. The molecule has 0 fully saturated rings. The fourth-order valence-electron chi connectivity index (χ4n) is 2.08. The Morgan fingerprint density at radius 3 is 2.83 bits per heavy atom. The highest BCUT2D eigenvalue weighted by molar-refractivity contribution is 5.63. The highest BCUT2D eigenvalue weighted by atomic mass is 15.2. The zero-order valence-corrected chi connectivity index (χ0v) is 11.3. The molecule has 4 nitrogen and oxygen atoms in total. The van der Waals surface area contributed by atoms with Crippen LogP contribution < -0.4 is 5.32 Å². The SMILES string of the molecule is CC.Cn1cc(-c2cc3c(cn2)NCCC3)cn1. The van der Waals surface area contributed by atoms with Gasteiger partial charge in [0.15, 0.2) is 0 Å². The number of fused-ring (bicyclic) bond motifs is 1. The van der Waals surface area contributed by atoms with Crippen LogP contribution in [0.15, 0.2) is 24.7 Å². The lowest BCUT2D eigenvalue weighted by molar-refractivity contribution is 0.768. The normalized spacial score (nSPS) is 13.1. The van der Waals surface area contributed by atoms with Gasteiger partial charge in [-0.2, -0.15) is 5.10 Å². The molecule has 4 heteroatoms. The molecule has 2 aromatic heterocycles. The van der Waals surface area contributed by atoms with Crippen LogP contribution in [0.5, 0.6) is 0 Å². The van der Waals surface area contributed by atoms with Crippen molar-refractivity contribution in [1.82, 2.24) is 14.8 Å². The summed E-state index contributed by atoms with van der Waals surface area (Å²) in [5.74, 6) is 0. The van der Waals surface area contributed by atoms with Gasteiger partial charge in [0.25, 0.3) is 0 Å². The molecule has 0 saturated heterocycles. The van der Waals surface area contributed by atoms with E-state index in [0.717, 1.165) is 24.2 Å². The molecule has 96 valence electrons. The minimum absolute atomic E-state index is 1.01. The first-order valence-corrected chi connectivity index (χ1v) is 6.55. The first-order valence-electron chi connectivity index (χ1n) is 6.55. The molecule has 0 spiro atoms. The largest absolute Gasteiger partial charge is 0.384 e. The van der Waals surface area contributed by atoms with E-state index in [9.17, 15) is 0 Å². The molecule has 0 unspecified atom stereocenters. The maximum Gasteiger partial charge on any atom is 0.0737 e. The van der Waals surface area contributed by atoms with Gasteiger partial charge in [-0.25, -0.2) is 0 Å². The molecule has 2 aromatic rings. The van der Waals surface area contributed by atoms with Crippen molar-refractivity contribution in [2.24, 2.45) is 7.05 Å². The molecule has 0 amide bonds. The van der Waals surface area contributed by atoms with E-state index in [4.69, 9.17) is 0 Å². The third kappa shape index (κ3) is 2.53. The Labute approximate surface area is 108 Å².